The Balaban J connectivity index is 1.92. The number of ether oxygens (including phenoxy) is 2. The Morgan fingerprint density at radius 1 is 1.02 bits per heavy atom. The first-order valence-corrected chi connectivity index (χ1v) is 13.4. The van der Waals surface area contributed by atoms with Crippen molar-refractivity contribution in [3.8, 4) is 5.75 Å². The molecule has 0 aromatic heterocycles. The number of fused-ring (bicyclic) bond motifs is 1. The zero-order chi connectivity index (χ0) is 32.3. The number of halogens is 6. The summed E-state index contributed by atoms with van der Waals surface area (Å²) in [6.07, 6.45) is -11.0. The quantitative estimate of drug-likeness (QED) is 0.377. The van der Waals surface area contributed by atoms with Gasteiger partial charge in [0.25, 0.3) is 0 Å². The van der Waals surface area contributed by atoms with Crippen LogP contribution in [0.4, 0.5) is 36.8 Å². The molecule has 0 saturated heterocycles. The van der Waals surface area contributed by atoms with Gasteiger partial charge in [-0.3, -0.25) is 9.59 Å². The van der Waals surface area contributed by atoms with Gasteiger partial charge in [0.2, 0.25) is 11.8 Å². The Labute approximate surface area is 244 Å². The molecule has 0 fully saturated rings. The number of carbonyl (C=O) groups excluding carboxylic acids is 3. The van der Waals surface area contributed by atoms with Gasteiger partial charge in [-0.2, -0.15) is 13.2 Å². The van der Waals surface area contributed by atoms with Crippen LogP contribution in [0.1, 0.15) is 57.7 Å². The van der Waals surface area contributed by atoms with Gasteiger partial charge in [-0.15, -0.1) is 13.2 Å². The minimum Gasteiger partial charge on any atom is -0.444 e. The molecule has 1 heterocycles. The smallest absolute Gasteiger partial charge is 0.444 e. The highest BCUT2D eigenvalue weighted by atomic mass is 19.4. The van der Waals surface area contributed by atoms with Crippen LogP contribution in [0.15, 0.2) is 42.5 Å². The summed E-state index contributed by atoms with van der Waals surface area (Å²) in [5.74, 6) is -2.19. The number of amides is 3. The highest BCUT2D eigenvalue weighted by molar-refractivity contribution is 6.01. The van der Waals surface area contributed by atoms with Gasteiger partial charge in [-0.25, -0.2) is 4.79 Å². The molecule has 0 saturated carbocycles. The molecule has 0 aliphatic carbocycles. The summed E-state index contributed by atoms with van der Waals surface area (Å²) < 4.78 is 88.7. The number of para-hydroxylation sites is 1. The number of alkyl halides is 6. The summed E-state index contributed by atoms with van der Waals surface area (Å²) in [5, 5.41) is 4.89. The van der Waals surface area contributed by atoms with E-state index in [1.807, 2.05) is 0 Å². The zero-order valence-corrected chi connectivity index (χ0v) is 24.2. The fourth-order valence-electron chi connectivity index (χ4n) is 4.60. The molecule has 2 atom stereocenters. The monoisotopic (exact) mass is 617 g/mol. The molecule has 2 aromatic carbocycles. The second kappa shape index (κ2) is 12.7. The van der Waals surface area contributed by atoms with E-state index in [0.717, 1.165) is 18.2 Å². The Morgan fingerprint density at radius 3 is 2.26 bits per heavy atom. The molecule has 1 aliphatic heterocycles. The first-order valence-electron chi connectivity index (χ1n) is 13.4. The van der Waals surface area contributed by atoms with Crippen molar-refractivity contribution in [2.75, 3.05) is 4.90 Å². The molecule has 0 radical (unpaired) electrons. The summed E-state index contributed by atoms with van der Waals surface area (Å²) in [7, 11) is 0. The summed E-state index contributed by atoms with van der Waals surface area (Å²) in [6, 6.07) is 4.82. The maximum Gasteiger partial charge on any atom is 0.573 e. The minimum atomic E-state index is -5.03. The van der Waals surface area contributed by atoms with Gasteiger partial charge in [0.15, 0.2) is 0 Å². The summed E-state index contributed by atoms with van der Waals surface area (Å²) in [4.78, 5) is 40.9. The fraction of sp³-hybridized carbons (Fsp3) is 0.483. The van der Waals surface area contributed by atoms with Crippen molar-refractivity contribution in [1.82, 2.24) is 10.6 Å². The van der Waals surface area contributed by atoms with Gasteiger partial charge >= 0.3 is 18.6 Å². The van der Waals surface area contributed by atoms with Gasteiger partial charge in [-0.1, -0.05) is 24.3 Å². The molecule has 0 bridgehead atoms. The molecule has 8 nitrogen and oxygen atoms in total. The number of alkyl carbamates (subject to hydrolysis) is 1. The number of rotatable bonds is 7. The third-order valence-corrected chi connectivity index (χ3v) is 6.37. The van der Waals surface area contributed by atoms with Crippen LogP contribution in [0.25, 0.3) is 0 Å². The van der Waals surface area contributed by atoms with Crippen molar-refractivity contribution in [2.24, 2.45) is 0 Å². The van der Waals surface area contributed by atoms with E-state index >= 15 is 0 Å². The lowest BCUT2D eigenvalue weighted by molar-refractivity contribution is -0.274. The van der Waals surface area contributed by atoms with Crippen LogP contribution in [0.5, 0.6) is 5.75 Å². The number of hydrogen-bond donors (Lipinski definition) is 2. The fourth-order valence-corrected chi connectivity index (χ4v) is 4.60. The maximum absolute atomic E-state index is 13.6. The van der Waals surface area contributed by atoms with E-state index in [9.17, 15) is 40.7 Å². The van der Waals surface area contributed by atoms with Crippen LogP contribution < -0.4 is 20.3 Å². The van der Waals surface area contributed by atoms with Crippen molar-refractivity contribution in [3.05, 3.63) is 59.2 Å². The lowest BCUT2D eigenvalue weighted by atomic mass is 10.0. The van der Waals surface area contributed by atoms with Gasteiger partial charge < -0.3 is 25.0 Å². The van der Waals surface area contributed by atoms with E-state index in [1.54, 1.807) is 34.6 Å². The predicted octanol–water partition coefficient (Wildman–Crippen LogP) is 5.91. The summed E-state index contributed by atoms with van der Waals surface area (Å²) >= 11 is 0. The van der Waals surface area contributed by atoms with E-state index in [1.165, 1.54) is 29.2 Å². The SMILES string of the molecule is CC(C)N1C(=O)[C@H](NC(=O)[C@@H](Cc2ccccc2OC(F)(F)F)NC(=O)OC(C)(C)C)CCc2ccc(C(F)(F)F)cc21. The van der Waals surface area contributed by atoms with E-state index in [2.05, 4.69) is 15.4 Å². The second-order valence-electron chi connectivity index (χ2n) is 11.3. The summed E-state index contributed by atoms with van der Waals surface area (Å²) in [6.45, 7) is 7.93. The highest BCUT2D eigenvalue weighted by Gasteiger charge is 2.38. The van der Waals surface area contributed by atoms with Crippen molar-refractivity contribution in [2.45, 2.75) is 90.1 Å². The number of hydrogen-bond acceptors (Lipinski definition) is 5. The van der Waals surface area contributed by atoms with E-state index in [0.29, 0.717) is 5.56 Å². The molecule has 14 heteroatoms. The highest BCUT2D eigenvalue weighted by Crippen LogP contribution is 2.36. The van der Waals surface area contributed by atoms with E-state index < -0.39 is 71.9 Å². The molecule has 43 heavy (non-hydrogen) atoms. The molecular formula is C29H33F6N3O5. The van der Waals surface area contributed by atoms with Crippen LogP contribution in [-0.2, 0) is 33.3 Å². The average Bonchev–Trinajstić information content (AvgIpc) is 2.98. The van der Waals surface area contributed by atoms with Crippen LogP contribution in [0.3, 0.4) is 0 Å². The second-order valence-corrected chi connectivity index (χ2v) is 11.3. The van der Waals surface area contributed by atoms with Crippen molar-refractivity contribution in [3.63, 3.8) is 0 Å². The van der Waals surface area contributed by atoms with Crippen molar-refractivity contribution >= 4 is 23.6 Å². The molecule has 1 aliphatic rings. The average molecular weight is 618 g/mol. The number of anilines is 1. The Morgan fingerprint density at radius 2 is 1.67 bits per heavy atom. The normalized spacial score (nSPS) is 16.7. The van der Waals surface area contributed by atoms with Crippen LogP contribution in [-0.4, -0.2) is 48.0 Å². The van der Waals surface area contributed by atoms with Gasteiger partial charge in [0.1, 0.15) is 23.4 Å². The van der Waals surface area contributed by atoms with Gasteiger partial charge in [0, 0.05) is 18.2 Å². The maximum atomic E-state index is 13.6. The Kier molecular flexibility index (Phi) is 9.92. The third-order valence-electron chi connectivity index (χ3n) is 6.37. The Hall–Kier alpha value is -3.97. The largest absolute Gasteiger partial charge is 0.573 e. The van der Waals surface area contributed by atoms with Gasteiger partial charge in [0.05, 0.1) is 5.56 Å². The van der Waals surface area contributed by atoms with E-state index in [-0.39, 0.29) is 24.1 Å². The minimum absolute atomic E-state index is 0.0130. The van der Waals surface area contributed by atoms with E-state index in [4.69, 9.17) is 4.74 Å². The number of nitrogens with one attached hydrogen (secondary N) is 2. The predicted molar refractivity (Wildman–Crippen MR) is 144 cm³/mol. The van der Waals surface area contributed by atoms with Crippen LogP contribution in [0.2, 0.25) is 0 Å². The lowest BCUT2D eigenvalue weighted by Crippen LogP contribution is -2.56. The molecule has 3 rings (SSSR count). The van der Waals surface area contributed by atoms with Gasteiger partial charge in [-0.05, 0) is 76.8 Å². The molecule has 2 aromatic rings. The molecule has 3 amide bonds. The first-order chi connectivity index (χ1) is 19.7. The number of carbonyl (C=O) groups is 3. The number of nitrogens with zero attached hydrogens (tertiary/aromatic N) is 1. The van der Waals surface area contributed by atoms with Crippen molar-refractivity contribution in [1.29, 1.82) is 0 Å². The lowest BCUT2D eigenvalue weighted by Gasteiger charge is -2.31. The van der Waals surface area contributed by atoms with Crippen LogP contribution in [0, 0.1) is 0 Å². The third kappa shape index (κ3) is 9.26. The molecule has 2 N–H and O–H groups in total. The number of benzene rings is 2. The molecular weight excluding hydrogens is 584 g/mol. The molecule has 0 unspecified atom stereocenters. The standard InChI is InChI=1S/C29H33F6N3O5/c1-16(2)38-22-15-19(28(30,31)32)12-10-17(22)11-13-20(25(38)40)36-24(39)21(37-26(41)43-27(3,4)5)14-18-8-6-7-9-23(18)42-29(33,34)35/h6-10,12,15-16,20-21H,11,13-14H2,1-5H3,(H,36,39)(H,37,41)/t20-,21-/m1/s1. The summed E-state index contributed by atoms with van der Waals surface area (Å²) in [5.41, 5.74) is -1.45. The molecule has 236 valence electrons. The topological polar surface area (TPSA) is 97.0 Å². The zero-order valence-electron chi connectivity index (χ0n) is 24.2. The van der Waals surface area contributed by atoms with Crippen LogP contribution >= 0.6 is 0 Å². The van der Waals surface area contributed by atoms with Crippen molar-refractivity contribution < 1.29 is 50.2 Å². The number of aryl methyl sites for hydroxylation is 1. The first kappa shape index (κ1) is 33.5. The Bertz CT molecular complexity index is 1340. The molecule has 0 spiro atoms.